The molecule has 0 saturated carbocycles. The Balaban J connectivity index is 2.41. The topological polar surface area (TPSA) is 80.5 Å². The third-order valence-corrected chi connectivity index (χ3v) is 2.06. The molecule has 62 valence electrons. The Morgan fingerprint density at radius 3 is 3.17 bits per heavy atom. The molecule has 5 heteroatoms. The van der Waals surface area contributed by atoms with Crippen molar-refractivity contribution in [1.29, 1.82) is 5.26 Å². The molecule has 12 heavy (non-hydrogen) atoms. The molecule has 2 heterocycles. The van der Waals surface area contributed by atoms with Gasteiger partial charge in [-0.05, 0) is 6.42 Å². The monoisotopic (exact) mass is 163 g/mol. The molecule has 2 rings (SSSR count). The molecule has 1 aromatic rings. The fraction of sp³-hybridized carbons (Fsp3) is 0.571. The van der Waals surface area contributed by atoms with Gasteiger partial charge in [-0.15, -0.1) is 10.2 Å². The Morgan fingerprint density at radius 2 is 2.42 bits per heavy atom. The minimum absolute atomic E-state index is 0.602. The molecule has 1 aliphatic heterocycles. The van der Waals surface area contributed by atoms with Gasteiger partial charge in [0.1, 0.15) is 5.82 Å². The molecule has 1 aromatic heterocycles. The van der Waals surface area contributed by atoms with Crippen molar-refractivity contribution in [3.05, 3.63) is 11.6 Å². The van der Waals surface area contributed by atoms with Crippen LogP contribution in [0.5, 0.6) is 0 Å². The summed E-state index contributed by atoms with van der Waals surface area (Å²) in [6, 6.07) is 1.32. The highest BCUT2D eigenvalue weighted by molar-refractivity contribution is 5.10. The first-order chi connectivity index (χ1) is 5.83. The lowest BCUT2D eigenvalue weighted by atomic mass is 10.3. The first-order valence-electron chi connectivity index (χ1n) is 3.90. The van der Waals surface area contributed by atoms with E-state index < -0.39 is 6.04 Å². The van der Waals surface area contributed by atoms with Gasteiger partial charge < -0.3 is 10.3 Å². The lowest BCUT2D eigenvalue weighted by Crippen LogP contribution is -2.14. The van der Waals surface area contributed by atoms with E-state index in [1.54, 1.807) is 0 Å². The van der Waals surface area contributed by atoms with Crippen molar-refractivity contribution in [2.24, 2.45) is 5.73 Å². The molecule has 0 radical (unpaired) electrons. The summed E-state index contributed by atoms with van der Waals surface area (Å²) in [5.74, 6) is 1.56. The van der Waals surface area contributed by atoms with Crippen LogP contribution in [0.4, 0.5) is 0 Å². The fourth-order valence-electron chi connectivity index (χ4n) is 1.46. The molecular formula is C7H9N5. The molecule has 0 aromatic carbocycles. The minimum atomic E-state index is -0.635. The van der Waals surface area contributed by atoms with Gasteiger partial charge in [-0.2, -0.15) is 5.26 Å². The summed E-state index contributed by atoms with van der Waals surface area (Å²) in [5, 5.41) is 16.4. The Morgan fingerprint density at radius 1 is 1.58 bits per heavy atom. The smallest absolute Gasteiger partial charge is 0.164 e. The van der Waals surface area contributed by atoms with Crippen LogP contribution in [-0.4, -0.2) is 14.8 Å². The Bertz CT molecular complexity index is 334. The highest BCUT2D eigenvalue weighted by Gasteiger charge is 2.20. The molecular weight excluding hydrogens is 154 g/mol. The van der Waals surface area contributed by atoms with Gasteiger partial charge in [0, 0.05) is 13.0 Å². The van der Waals surface area contributed by atoms with Gasteiger partial charge in [0.2, 0.25) is 0 Å². The third-order valence-electron chi connectivity index (χ3n) is 2.06. The van der Waals surface area contributed by atoms with Crippen LogP contribution in [0.1, 0.15) is 24.1 Å². The number of aromatic nitrogens is 3. The van der Waals surface area contributed by atoms with Crippen molar-refractivity contribution < 1.29 is 0 Å². The predicted molar refractivity (Wildman–Crippen MR) is 40.9 cm³/mol. The maximum atomic E-state index is 8.58. The van der Waals surface area contributed by atoms with Crippen molar-refractivity contribution in [2.75, 3.05) is 0 Å². The second kappa shape index (κ2) is 2.57. The molecule has 0 bridgehead atoms. The number of nitrogens with two attached hydrogens (primary N) is 1. The first-order valence-corrected chi connectivity index (χ1v) is 3.90. The second-order valence-electron chi connectivity index (χ2n) is 2.84. The summed E-state index contributed by atoms with van der Waals surface area (Å²) < 4.78 is 1.94. The maximum Gasteiger partial charge on any atom is 0.164 e. The zero-order valence-electron chi connectivity index (χ0n) is 6.56. The van der Waals surface area contributed by atoms with Gasteiger partial charge in [-0.3, -0.25) is 0 Å². The summed E-state index contributed by atoms with van der Waals surface area (Å²) in [6.45, 7) is 0.896. The van der Waals surface area contributed by atoms with E-state index in [9.17, 15) is 0 Å². The standard InChI is InChI=1S/C7H9N5/c8-4-5(9)7-11-10-6-2-1-3-12(6)7/h5H,1-3,9H2/t5-/m0/s1. The maximum absolute atomic E-state index is 8.58. The quantitative estimate of drug-likeness (QED) is 0.618. The summed E-state index contributed by atoms with van der Waals surface area (Å²) in [5.41, 5.74) is 5.53. The van der Waals surface area contributed by atoms with Gasteiger partial charge >= 0.3 is 0 Å². The van der Waals surface area contributed by atoms with Crippen LogP contribution in [0, 0.1) is 11.3 Å². The highest BCUT2D eigenvalue weighted by Crippen LogP contribution is 2.17. The van der Waals surface area contributed by atoms with E-state index in [-0.39, 0.29) is 0 Å². The van der Waals surface area contributed by atoms with Crippen molar-refractivity contribution >= 4 is 0 Å². The van der Waals surface area contributed by atoms with Gasteiger partial charge in [-0.1, -0.05) is 0 Å². The SMILES string of the molecule is N#C[C@H](N)c1nnc2n1CCC2. The van der Waals surface area contributed by atoms with Crippen molar-refractivity contribution in [2.45, 2.75) is 25.4 Å². The molecule has 5 nitrogen and oxygen atoms in total. The van der Waals surface area contributed by atoms with Crippen molar-refractivity contribution in [1.82, 2.24) is 14.8 Å². The summed E-state index contributed by atoms with van der Waals surface area (Å²) >= 11 is 0. The Kier molecular flexibility index (Phi) is 1.55. The number of nitriles is 1. The minimum Gasteiger partial charge on any atom is -0.313 e. The van der Waals surface area contributed by atoms with E-state index >= 15 is 0 Å². The number of rotatable bonds is 1. The van der Waals surface area contributed by atoms with Gasteiger partial charge in [0.25, 0.3) is 0 Å². The molecule has 1 atom stereocenters. The highest BCUT2D eigenvalue weighted by atomic mass is 15.3. The van der Waals surface area contributed by atoms with E-state index in [1.807, 2.05) is 10.6 Å². The van der Waals surface area contributed by atoms with Crippen LogP contribution in [0.25, 0.3) is 0 Å². The summed E-state index contributed by atoms with van der Waals surface area (Å²) in [7, 11) is 0. The van der Waals surface area contributed by atoms with E-state index in [0.29, 0.717) is 5.82 Å². The van der Waals surface area contributed by atoms with Gasteiger partial charge in [-0.25, -0.2) is 0 Å². The van der Waals surface area contributed by atoms with Crippen LogP contribution in [0.2, 0.25) is 0 Å². The molecule has 0 saturated heterocycles. The van der Waals surface area contributed by atoms with E-state index in [1.165, 1.54) is 0 Å². The number of nitrogens with zero attached hydrogens (tertiary/aromatic N) is 4. The molecule has 0 aliphatic carbocycles. The molecule has 0 fully saturated rings. The number of aryl methyl sites for hydroxylation is 1. The van der Waals surface area contributed by atoms with Gasteiger partial charge in [0.05, 0.1) is 6.07 Å². The zero-order chi connectivity index (χ0) is 8.55. The Hall–Kier alpha value is -1.41. The van der Waals surface area contributed by atoms with Crippen LogP contribution in [0.15, 0.2) is 0 Å². The average Bonchev–Trinajstić information content (AvgIpc) is 2.62. The van der Waals surface area contributed by atoms with Crippen molar-refractivity contribution in [3.63, 3.8) is 0 Å². The largest absolute Gasteiger partial charge is 0.313 e. The Labute approximate surface area is 69.8 Å². The van der Waals surface area contributed by atoms with Gasteiger partial charge in [0.15, 0.2) is 11.9 Å². The normalized spacial score (nSPS) is 17.0. The van der Waals surface area contributed by atoms with Crippen LogP contribution < -0.4 is 5.73 Å². The second-order valence-corrected chi connectivity index (χ2v) is 2.84. The average molecular weight is 163 g/mol. The molecule has 0 amide bonds. The molecule has 0 unspecified atom stereocenters. The summed E-state index contributed by atoms with van der Waals surface area (Å²) in [4.78, 5) is 0. The van der Waals surface area contributed by atoms with Crippen molar-refractivity contribution in [3.8, 4) is 6.07 Å². The van der Waals surface area contributed by atoms with Crippen LogP contribution in [-0.2, 0) is 13.0 Å². The lowest BCUT2D eigenvalue weighted by Gasteiger charge is -2.02. The molecule has 0 spiro atoms. The number of fused-ring (bicyclic) bond motifs is 1. The predicted octanol–water partition coefficient (Wildman–Crippen LogP) is -0.252. The van der Waals surface area contributed by atoms with E-state index in [0.717, 1.165) is 25.2 Å². The third kappa shape index (κ3) is 0.889. The lowest BCUT2D eigenvalue weighted by molar-refractivity contribution is 0.663. The van der Waals surface area contributed by atoms with Crippen LogP contribution >= 0.6 is 0 Å². The number of hydrogen-bond donors (Lipinski definition) is 1. The van der Waals surface area contributed by atoms with Crippen LogP contribution in [0.3, 0.4) is 0 Å². The summed E-state index contributed by atoms with van der Waals surface area (Å²) in [6.07, 6.45) is 2.03. The fourth-order valence-corrected chi connectivity index (χ4v) is 1.46. The molecule has 1 aliphatic rings. The molecule has 2 N–H and O–H groups in total. The zero-order valence-corrected chi connectivity index (χ0v) is 6.56. The first kappa shape index (κ1) is 7.25. The van der Waals surface area contributed by atoms with E-state index in [4.69, 9.17) is 11.0 Å². The van der Waals surface area contributed by atoms with E-state index in [2.05, 4.69) is 10.2 Å². The number of hydrogen-bond acceptors (Lipinski definition) is 4.